The first-order valence-electron chi connectivity index (χ1n) is 6.20. The van der Waals surface area contributed by atoms with E-state index in [1.165, 1.54) is 6.07 Å². The third-order valence-corrected chi connectivity index (χ3v) is 3.43. The monoisotopic (exact) mass is 317 g/mol. The lowest BCUT2D eigenvalue weighted by Gasteiger charge is -2.24. The predicted octanol–water partition coefficient (Wildman–Crippen LogP) is 3.48. The fourth-order valence-corrected chi connectivity index (χ4v) is 2.27. The lowest BCUT2D eigenvalue weighted by atomic mass is 9.88. The van der Waals surface area contributed by atoms with E-state index in [1.54, 1.807) is 12.1 Å². The van der Waals surface area contributed by atoms with Gasteiger partial charge >= 0.3 is 0 Å². The number of aliphatic hydroxyl groups excluding tert-OH is 1. The van der Waals surface area contributed by atoms with Gasteiger partial charge in [-0.1, -0.05) is 29.8 Å². The molecule has 0 saturated heterocycles. The highest BCUT2D eigenvalue weighted by atomic mass is 79.9. The topological polar surface area (TPSA) is 32.3 Å². The lowest BCUT2D eigenvalue weighted by molar-refractivity contribution is 0.236. The molecule has 0 aromatic heterocycles. The van der Waals surface area contributed by atoms with Crippen molar-refractivity contribution in [1.29, 1.82) is 0 Å². The Morgan fingerprint density at radius 1 is 1.39 bits per heavy atom. The average molecular weight is 318 g/mol. The highest BCUT2D eigenvalue weighted by Gasteiger charge is 2.16. The minimum atomic E-state index is -0.182. The standard InChI is InChI=1S/C14H21BrFNO/c1-14(2,6-3-7-18)10-17-9-11-8-12(15)4-5-13(11)16/h4-5,8,17-18H,3,6-7,9-10H2,1-2H3. The normalized spacial score (nSPS) is 11.8. The molecular formula is C14H21BrFNO. The lowest BCUT2D eigenvalue weighted by Crippen LogP contribution is -2.29. The molecule has 0 amide bonds. The van der Waals surface area contributed by atoms with Gasteiger partial charge in [-0.3, -0.25) is 0 Å². The molecule has 0 aliphatic carbocycles. The number of hydrogen-bond donors (Lipinski definition) is 2. The molecule has 1 aromatic rings. The van der Waals surface area contributed by atoms with Crippen molar-refractivity contribution >= 4 is 15.9 Å². The van der Waals surface area contributed by atoms with Crippen LogP contribution in [0.5, 0.6) is 0 Å². The van der Waals surface area contributed by atoms with Crippen molar-refractivity contribution in [3.8, 4) is 0 Å². The summed E-state index contributed by atoms with van der Waals surface area (Å²) in [5, 5.41) is 12.1. The van der Waals surface area contributed by atoms with Gasteiger partial charge < -0.3 is 10.4 Å². The second-order valence-corrected chi connectivity index (χ2v) is 6.25. The third kappa shape index (κ3) is 5.46. The Labute approximate surface area is 117 Å². The van der Waals surface area contributed by atoms with E-state index in [9.17, 15) is 4.39 Å². The van der Waals surface area contributed by atoms with E-state index < -0.39 is 0 Å². The largest absolute Gasteiger partial charge is 0.396 e. The van der Waals surface area contributed by atoms with Crippen molar-refractivity contribution in [3.05, 3.63) is 34.1 Å². The fraction of sp³-hybridized carbons (Fsp3) is 0.571. The van der Waals surface area contributed by atoms with Gasteiger partial charge in [0.2, 0.25) is 0 Å². The minimum Gasteiger partial charge on any atom is -0.396 e. The maximum absolute atomic E-state index is 13.5. The van der Waals surface area contributed by atoms with Crippen LogP contribution in [0.25, 0.3) is 0 Å². The van der Waals surface area contributed by atoms with Crippen LogP contribution in [-0.4, -0.2) is 18.3 Å². The van der Waals surface area contributed by atoms with E-state index in [-0.39, 0.29) is 17.8 Å². The number of aliphatic hydroxyl groups is 1. The molecular weight excluding hydrogens is 297 g/mol. The summed E-state index contributed by atoms with van der Waals surface area (Å²) in [5.74, 6) is -0.182. The quantitative estimate of drug-likeness (QED) is 0.807. The molecule has 0 bridgehead atoms. The van der Waals surface area contributed by atoms with E-state index in [2.05, 4.69) is 35.1 Å². The highest BCUT2D eigenvalue weighted by Crippen LogP contribution is 2.21. The van der Waals surface area contributed by atoms with Gasteiger partial charge in [-0.05, 0) is 36.5 Å². The molecule has 0 unspecified atom stereocenters. The van der Waals surface area contributed by atoms with E-state index in [4.69, 9.17) is 5.11 Å². The van der Waals surface area contributed by atoms with Crippen LogP contribution < -0.4 is 5.32 Å². The van der Waals surface area contributed by atoms with Crippen LogP contribution in [0.1, 0.15) is 32.3 Å². The van der Waals surface area contributed by atoms with Gasteiger partial charge in [0.25, 0.3) is 0 Å². The highest BCUT2D eigenvalue weighted by molar-refractivity contribution is 9.10. The Morgan fingerprint density at radius 3 is 2.78 bits per heavy atom. The van der Waals surface area contributed by atoms with E-state index in [0.29, 0.717) is 12.1 Å². The maximum Gasteiger partial charge on any atom is 0.127 e. The van der Waals surface area contributed by atoms with Crippen LogP contribution in [-0.2, 0) is 6.54 Å². The van der Waals surface area contributed by atoms with Crippen molar-refractivity contribution in [2.45, 2.75) is 33.2 Å². The molecule has 0 atom stereocenters. The third-order valence-electron chi connectivity index (χ3n) is 2.94. The maximum atomic E-state index is 13.5. The van der Waals surface area contributed by atoms with Crippen LogP contribution in [0, 0.1) is 11.2 Å². The summed E-state index contributed by atoms with van der Waals surface area (Å²) in [7, 11) is 0. The minimum absolute atomic E-state index is 0.116. The number of rotatable bonds is 7. The molecule has 0 spiro atoms. The number of nitrogens with one attached hydrogen (secondary N) is 1. The molecule has 0 aliphatic heterocycles. The zero-order chi connectivity index (χ0) is 13.6. The van der Waals surface area contributed by atoms with Gasteiger partial charge in [-0.25, -0.2) is 4.39 Å². The van der Waals surface area contributed by atoms with Crippen molar-refractivity contribution in [1.82, 2.24) is 5.32 Å². The van der Waals surface area contributed by atoms with Gasteiger partial charge in [-0.15, -0.1) is 0 Å². The summed E-state index contributed by atoms with van der Waals surface area (Å²) in [4.78, 5) is 0. The SMILES string of the molecule is CC(C)(CCCO)CNCc1cc(Br)ccc1F. The summed E-state index contributed by atoms with van der Waals surface area (Å²) >= 11 is 3.34. The van der Waals surface area contributed by atoms with Crippen molar-refractivity contribution in [3.63, 3.8) is 0 Å². The summed E-state index contributed by atoms with van der Waals surface area (Å²) in [5.41, 5.74) is 0.785. The van der Waals surface area contributed by atoms with Crippen LogP contribution in [0.4, 0.5) is 4.39 Å². The second-order valence-electron chi connectivity index (χ2n) is 5.33. The Morgan fingerprint density at radius 2 is 2.11 bits per heavy atom. The Bertz CT molecular complexity index is 382. The summed E-state index contributed by atoms with van der Waals surface area (Å²) in [6.45, 7) is 5.84. The van der Waals surface area contributed by atoms with Crippen LogP contribution >= 0.6 is 15.9 Å². The second kappa shape index (κ2) is 7.22. The zero-order valence-corrected chi connectivity index (χ0v) is 12.6. The molecule has 1 rings (SSSR count). The van der Waals surface area contributed by atoms with E-state index in [0.717, 1.165) is 23.9 Å². The Hall–Kier alpha value is -0.450. The Balaban J connectivity index is 2.43. The van der Waals surface area contributed by atoms with Crippen LogP contribution in [0.3, 0.4) is 0 Å². The summed E-state index contributed by atoms with van der Waals surface area (Å²) < 4.78 is 14.4. The van der Waals surface area contributed by atoms with E-state index in [1.807, 2.05) is 0 Å². The Kier molecular flexibility index (Phi) is 6.26. The molecule has 0 saturated carbocycles. The molecule has 102 valence electrons. The molecule has 0 radical (unpaired) electrons. The first-order valence-corrected chi connectivity index (χ1v) is 6.99. The number of hydrogen-bond acceptors (Lipinski definition) is 2. The first-order chi connectivity index (χ1) is 8.44. The van der Waals surface area contributed by atoms with Gasteiger partial charge in [0.05, 0.1) is 0 Å². The van der Waals surface area contributed by atoms with E-state index >= 15 is 0 Å². The zero-order valence-electron chi connectivity index (χ0n) is 11.0. The van der Waals surface area contributed by atoms with Gasteiger partial charge in [0.1, 0.15) is 5.82 Å². The summed E-state index contributed by atoms with van der Waals surface area (Å²) in [6, 6.07) is 4.96. The molecule has 4 heteroatoms. The molecule has 2 N–H and O–H groups in total. The molecule has 2 nitrogen and oxygen atoms in total. The molecule has 0 fully saturated rings. The van der Waals surface area contributed by atoms with Crippen molar-refractivity contribution in [2.75, 3.05) is 13.2 Å². The fourth-order valence-electron chi connectivity index (χ4n) is 1.86. The first kappa shape index (κ1) is 15.6. The molecule has 18 heavy (non-hydrogen) atoms. The van der Waals surface area contributed by atoms with Crippen LogP contribution in [0.15, 0.2) is 22.7 Å². The molecule has 0 aliphatic rings. The number of benzene rings is 1. The molecule has 1 aromatic carbocycles. The average Bonchev–Trinajstić information content (AvgIpc) is 2.31. The predicted molar refractivity (Wildman–Crippen MR) is 75.9 cm³/mol. The number of halogens is 2. The van der Waals surface area contributed by atoms with Gasteiger partial charge in [0, 0.05) is 29.7 Å². The van der Waals surface area contributed by atoms with Crippen LogP contribution in [0.2, 0.25) is 0 Å². The van der Waals surface area contributed by atoms with Gasteiger partial charge in [-0.2, -0.15) is 0 Å². The van der Waals surface area contributed by atoms with Gasteiger partial charge in [0.15, 0.2) is 0 Å². The van der Waals surface area contributed by atoms with Crippen molar-refractivity contribution in [2.24, 2.45) is 5.41 Å². The molecule has 0 heterocycles. The summed E-state index contributed by atoms with van der Waals surface area (Å²) in [6.07, 6.45) is 1.76. The van der Waals surface area contributed by atoms with Crippen molar-refractivity contribution < 1.29 is 9.50 Å². The smallest absolute Gasteiger partial charge is 0.127 e.